The van der Waals surface area contributed by atoms with Crippen LogP contribution in [0.25, 0.3) is 0 Å². The SMILES string of the molecule is CC(NC(=O)N1CCC[C@H]1C(=O)O)C1CC1. The number of carbonyl (C=O) groups is 2. The number of carboxylic acids is 1. The molecule has 1 aliphatic carbocycles. The van der Waals surface area contributed by atoms with Gasteiger partial charge in [-0.2, -0.15) is 0 Å². The molecular weight excluding hydrogens is 208 g/mol. The zero-order chi connectivity index (χ0) is 11.7. The predicted molar refractivity (Wildman–Crippen MR) is 58.1 cm³/mol. The summed E-state index contributed by atoms with van der Waals surface area (Å²) in [7, 11) is 0. The molecule has 1 saturated carbocycles. The van der Waals surface area contributed by atoms with Gasteiger partial charge in [0, 0.05) is 12.6 Å². The maximum atomic E-state index is 11.9. The van der Waals surface area contributed by atoms with E-state index in [-0.39, 0.29) is 12.1 Å². The molecule has 2 atom stereocenters. The molecular formula is C11H18N2O3. The summed E-state index contributed by atoms with van der Waals surface area (Å²) in [4.78, 5) is 24.2. The average Bonchev–Trinajstić information content (AvgIpc) is 2.94. The van der Waals surface area contributed by atoms with Crippen LogP contribution in [0.15, 0.2) is 0 Å². The van der Waals surface area contributed by atoms with Gasteiger partial charge in [-0.15, -0.1) is 0 Å². The van der Waals surface area contributed by atoms with E-state index in [1.165, 1.54) is 17.7 Å². The van der Waals surface area contributed by atoms with Gasteiger partial charge >= 0.3 is 12.0 Å². The summed E-state index contributed by atoms with van der Waals surface area (Å²) < 4.78 is 0. The van der Waals surface area contributed by atoms with E-state index in [0.29, 0.717) is 18.9 Å². The minimum absolute atomic E-state index is 0.169. The Balaban J connectivity index is 1.90. The third-order valence-electron chi connectivity index (χ3n) is 3.48. The number of nitrogens with zero attached hydrogens (tertiary/aromatic N) is 1. The number of likely N-dealkylation sites (tertiary alicyclic amines) is 1. The largest absolute Gasteiger partial charge is 0.480 e. The third kappa shape index (κ3) is 2.28. The van der Waals surface area contributed by atoms with E-state index in [4.69, 9.17) is 5.11 Å². The Labute approximate surface area is 94.8 Å². The standard InChI is InChI=1S/C11H18N2O3/c1-7(8-4-5-8)12-11(16)13-6-2-3-9(13)10(14)15/h7-9H,2-6H2,1H3,(H,12,16)(H,14,15)/t7?,9-/m0/s1. The first kappa shape index (κ1) is 11.2. The Kier molecular flexibility index (Phi) is 3.03. The summed E-state index contributed by atoms with van der Waals surface area (Å²) >= 11 is 0. The van der Waals surface area contributed by atoms with Gasteiger partial charge < -0.3 is 15.3 Å². The molecule has 2 rings (SSSR count). The van der Waals surface area contributed by atoms with Crippen LogP contribution in [0.3, 0.4) is 0 Å². The Bertz CT molecular complexity index is 302. The van der Waals surface area contributed by atoms with Crippen molar-refractivity contribution in [1.82, 2.24) is 10.2 Å². The number of urea groups is 1. The van der Waals surface area contributed by atoms with Crippen LogP contribution < -0.4 is 5.32 Å². The summed E-state index contributed by atoms with van der Waals surface area (Å²) in [6.45, 7) is 2.54. The van der Waals surface area contributed by atoms with Crippen molar-refractivity contribution in [3.05, 3.63) is 0 Å². The number of amides is 2. The molecule has 0 aromatic heterocycles. The topological polar surface area (TPSA) is 69.6 Å². The van der Waals surface area contributed by atoms with E-state index >= 15 is 0 Å². The normalized spacial score (nSPS) is 26.6. The maximum Gasteiger partial charge on any atom is 0.326 e. The molecule has 1 saturated heterocycles. The molecule has 2 aliphatic rings. The second-order valence-electron chi connectivity index (χ2n) is 4.77. The van der Waals surface area contributed by atoms with Gasteiger partial charge in [0.1, 0.15) is 6.04 Å². The molecule has 0 bridgehead atoms. The van der Waals surface area contributed by atoms with E-state index in [1.54, 1.807) is 0 Å². The van der Waals surface area contributed by atoms with Crippen LogP contribution in [0.5, 0.6) is 0 Å². The molecule has 2 N–H and O–H groups in total. The van der Waals surface area contributed by atoms with E-state index < -0.39 is 12.0 Å². The van der Waals surface area contributed by atoms with Crippen molar-refractivity contribution in [1.29, 1.82) is 0 Å². The molecule has 16 heavy (non-hydrogen) atoms. The molecule has 90 valence electrons. The van der Waals surface area contributed by atoms with Gasteiger partial charge in [-0.1, -0.05) is 0 Å². The van der Waals surface area contributed by atoms with Crippen LogP contribution in [0, 0.1) is 5.92 Å². The molecule has 1 aliphatic heterocycles. The summed E-state index contributed by atoms with van der Waals surface area (Å²) in [5.41, 5.74) is 0. The van der Waals surface area contributed by atoms with Crippen molar-refractivity contribution in [3.8, 4) is 0 Å². The lowest BCUT2D eigenvalue weighted by Crippen LogP contribution is -2.48. The highest BCUT2D eigenvalue weighted by atomic mass is 16.4. The Morgan fingerprint density at radius 1 is 1.38 bits per heavy atom. The molecule has 0 aromatic rings. The number of hydrogen-bond donors (Lipinski definition) is 2. The second kappa shape index (κ2) is 4.31. The van der Waals surface area contributed by atoms with Crippen molar-refractivity contribution in [2.75, 3.05) is 6.54 Å². The predicted octanol–water partition coefficient (Wildman–Crippen LogP) is 1.04. The zero-order valence-corrected chi connectivity index (χ0v) is 9.48. The number of hydrogen-bond acceptors (Lipinski definition) is 2. The molecule has 1 unspecified atom stereocenters. The van der Waals surface area contributed by atoms with Crippen molar-refractivity contribution >= 4 is 12.0 Å². The highest BCUT2D eigenvalue weighted by Crippen LogP contribution is 2.32. The van der Waals surface area contributed by atoms with E-state index in [9.17, 15) is 9.59 Å². The first-order chi connectivity index (χ1) is 7.59. The lowest BCUT2D eigenvalue weighted by molar-refractivity contribution is -0.141. The van der Waals surface area contributed by atoms with Crippen LogP contribution >= 0.6 is 0 Å². The zero-order valence-electron chi connectivity index (χ0n) is 9.48. The molecule has 1 heterocycles. The second-order valence-corrected chi connectivity index (χ2v) is 4.77. The quantitative estimate of drug-likeness (QED) is 0.755. The lowest BCUT2D eigenvalue weighted by atomic mass is 10.2. The van der Waals surface area contributed by atoms with Crippen molar-refractivity contribution in [2.24, 2.45) is 5.92 Å². The minimum atomic E-state index is -0.897. The first-order valence-electron chi connectivity index (χ1n) is 5.89. The molecule has 2 fully saturated rings. The summed E-state index contributed by atoms with van der Waals surface area (Å²) in [5.74, 6) is -0.304. The van der Waals surface area contributed by atoms with Crippen molar-refractivity contribution in [2.45, 2.75) is 44.7 Å². The number of aliphatic carboxylic acids is 1. The summed E-state index contributed by atoms with van der Waals surface area (Å²) in [6, 6.07) is -0.682. The molecule has 2 amide bonds. The van der Waals surface area contributed by atoms with Crippen LogP contribution in [0.2, 0.25) is 0 Å². The maximum absolute atomic E-state index is 11.9. The van der Waals surface area contributed by atoms with Gasteiger partial charge in [0.25, 0.3) is 0 Å². The molecule has 5 nitrogen and oxygen atoms in total. The molecule has 5 heteroatoms. The van der Waals surface area contributed by atoms with Gasteiger partial charge in [-0.25, -0.2) is 9.59 Å². The van der Waals surface area contributed by atoms with Crippen LogP contribution in [0.4, 0.5) is 4.79 Å². The fraction of sp³-hybridized carbons (Fsp3) is 0.818. The van der Waals surface area contributed by atoms with Gasteiger partial charge in [0.2, 0.25) is 0 Å². The minimum Gasteiger partial charge on any atom is -0.480 e. The fourth-order valence-corrected chi connectivity index (χ4v) is 2.26. The number of nitrogens with one attached hydrogen (secondary N) is 1. The van der Waals surface area contributed by atoms with Gasteiger partial charge in [0.15, 0.2) is 0 Å². The lowest BCUT2D eigenvalue weighted by Gasteiger charge is -2.24. The van der Waals surface area contributed by atoms with Gasteiger partial charge in [-0.05, 0) is 38.5 Å². The molecule has 0 spiro atoms. The average molecular weight is 226 g/mol. The Morgan fingerprint density at radius 3 is 2.62 bits per heavy atom. The highest BCUT2D eigenvalue weighted by molar-refractivity contribution is 5.83. The highest BCUT2D eigenvalue weighted by Gasteiger charge is 2.36. The van der Waals surface area contributed by atoms with Crippen LogP contribution in [-0.4, -0.2) is 40.6 Å². The number of carboxylic acid groups (broad SMARTS) is 1. The summed E-state index contributed by atoms with van der Waals surface area (Å²) in [5, 5.41) is 11.9. The monoisotopic (exact) mass is 226 g/mol. The van der Waals surface area contributed by atoms with Gasteiger partial charge in [-0.3, -0.25) is 0 Å². The smallest absolute Gasteiger partial charge is 0.326 e. The van der Waals surface area contributed by atoms with Gasteiger partial charge in [0.05, 0.1) is 0 Å². The third-order valence-corrected chi connectivity index (χ3v) is 3.48. The molecule has 0 radical (unpaired) electrons. The Hall–Kier alpha value is -1.26. The number of carbonyl (C=O) groups excluding carboxylic acids is 1. The van der Waals surface area contributed by atoms with E-state index in [0.717, 1.165) is 6.42 Å². The van der Waals surface area contributed by atoms with Crippen molar-refractivity contribution < 1.29 is 14.7 Å². The first-order valence-corrected chi connectivity index (χ1v) is 5.89. The fourth-order valence-electron chi connectivity index (χ4n) is 2.26. The van der Waals surface area contributed by atoms with Crippen molar-refractivity contribution in [3.63, 3.8) is 0 Å². The van der Waals surface area contributed by atoms with Crippen LogP contribution in [-0.2, 0) is 4.79 Å². The van der Waals surface area contributed by atoms with E-state index in [2.05, 4.69) is 5.32 Å². The summed E-state index contributed by atoms with van der Waals surface area (Å²) in [6.07, 6.45) is 3.69. The van der Waals surface area contributed by atoms with E-state index in [1.807, 2.05) is 6.92 Å². The number of rotatable bonds is 3. The molecule has 0 aromatic carbocycles. The Morgan fingerprint density at radius 2 is 2.06 bits per heavy atom. The van der Waals surface area contributed by atoms with Crippen LogP contribution in [0.1, 0.15) is 32.6 Å².